The van der Waals surface area contributed by atoms with Crippen LogP contribution in [0.25, 0.3) is 0 Å². The van der Waals surface area contributed by atoms with Gasteiger partial charge in [-0.1, -0.05) is 6.07 Å². The fourth-order valence-electron chi connectivity index (χ4n) is 1.28. The fourth-order valence-corrected chi connectivity index (χ4v) is 1.28. The lowest BCUT2D eigenvalue weighted by Crippen LogP contribution is -2.41. The summed E-state index contributed by atoms with van der Waals surface area (Å²) in [5.41, 5.74) is -0.782. The fraction of sp³-hybridized carbons (Fsp3) is 0.400. The number of nitrogens with zero attached hydrogens (tertiary/aromatic N) is 1. The van der Waals surface area contributed by atoms with E-state index in [2.05, 4.69) is 10.1 Å². The molecule has 1 aromatic carbocycles. The van der Waals surface area contributed by atoms with Gasteiger partial charge in [0.05, 0.1) is 4.92 Å². The largest absolute Gasteiger partial charge is 0.480 e. The maximum Gasteiger partial charge on any atom is 0.456 e. The van der Waals surface area contributed by atoms with Gasteiger partial charge in [-0.25, -0.2) is 0 Å². The van der Waals surface area contributed by atoms with Crippen molar-refractivity contribution in [3.63, 3.8) is 0 Å². The Balaban J connectivity index is 3.02. The second-order valence-electron chi connectivity index (χ2n) is 3.65. The summed E-state index contributed by atoms with van der Waals surface area (Å²) in [6.45, 7) is -2.04. The molecular weight excluding hydrogens is 291 g/mol. The Morgan fingerprint density at radius 1 is 1.30 bits per heavy atom. The first-order valence-electron chi connectivity index (χ1n) is 5.12. The highest BCUT2D eigenvalue weighted by molar-refractivity contribution is 5.68. The third kappa shape index (κ3) is 3.25. The van der Waals surface area contributed by atoms with Gasteiger partial charge in [-0.15, -0.1) is 0 Å². The first-order chi connectivity index (χ1) is 9.10. The monoisotopic (exact) mass is 300 g/mol. The Morgan fingerprint density at radius 2 is 1.90 bits per heavy atom. The number of para-hydroxylation sites is 1. The molecule has 0 aliphatic carbocycles. The van der Waals surface area contributed by atoms with Gasteiger partial charge in [-0.3, -0.25) is 10.1 Å². The third-order valence-electron chi connectivity index (χ3n) is 2.27. The van der Waals surface area contributed by atoms with Crippen LogP contribution < -0.4 is 10.1 Å². The second kappa shape index (κ2) is 5.47. The molecule has 0 aliphatic rings. The Morgan fingerprint density at radius 3 is 2.35 bits per heavy atom. The van der Waals surface area contributed by atoms with Gasteiger partial charge in [-0.05, 0) is 12.1 Å². The molecule has 0 atom stereocenters. The van der Waals surface area contributed by atoms with Crippen LogP contribution in [0.1, 0.15) is 0 Å². The molecule has 0 fully saturated rings. The summed E-state index contributed by atoms with van der Waals surface area (Å²) in [6.07, 6.45) is -5.79. The van der Waals surface area contributed by atoms with Crippen molar-refractivity contribution in [2.45, 2.75) is 12.1 Å². The highest BCUT2D eigenvalue weighted by Crippen LogP contribution is 2.38. The molecule has 0 bridgehead atoms. The van der Waals surface area contributed by atoms with E-state index in [1.165, 1.54) is 19.2 Å². The molecule has 0 heterocycles. The summed E-state index contributed by atoms with van der Waals surface area (Å²) in [5.74, 6) is -5.78. The topological polar surface area (TPSA) is 64.4 Å². The van der Waals surface area contributed by atoms with Crippen LogP contribution in [0.5, 0.6) is 5.75 Å². The molecule has 0 unspecified atom stereocenters. The van der Waals surface area contributed by atoms with Crippen molar-refractivity contribution in [1.82, 2.24) is 0 Å². The zero-order valence-electron chi connectivity index (χ0n) is 10.0. The van der Waals surface area contributed by atoms with Gasteiger partial charge in [0.25, 0.3) is 0 Å². The van der Waals surface area contributed by atoms with Gasteiger partial charge in [0.1, 0.15) is 5.69 Å². The van der Waals surface area contributed by atoms with Crippen molar-refractivity contribution in [2.75, 3.05) is 19.0 Å². The van der Waals surface area contributed by atoms with E-state index in [-0.39, 0.29) is 5.69 Å². The summed E-state index contributed by atoms with van der Waals surface area (Å²) in [7, 11) is 1.33. The number of anilines is 1. The van der Waals surface area contributed by atoms with Gasteiger partial charge < -0.3 is 10.1 Å². The van der Waals surface area contributed by atoms with Crippen molar-refractivity contribution < 1.29 is 31.6 Å². The molecule has 0 saturated carbocycles. The van der Waals surface area contributed by atoms with E-state index >= 15 is 0 Å². The van der Waals surface area contributed by atoms with Crippen LogP contribution in [-0.4, -0.2) is 30.7 Å². The predicted molar refractivity (Wildman–Crippen MR) is 59.1 cm³/mol. The molecule has 0 radical (unpaired) electrons. The molecule has 0 aliphatic heterocycles. The van der Waals surface area contributed by atoms with Crippen LogP contribution in [0, 0.1) is 10.1 Å². The predicted octanol–water partition coefficient (Wildman–Crippen LogP) is 3.21. The average Bonchev–Trinajstić information content (AvgIpc) is 2.34. The smallest absolute Gasteiger partial charge is 0.456 e. The van der Waals surface area contributed by atoms with Crippen molar-refractivity contribution >= 4 is 11.4 Å². The number of halogens is 5. The summed E-state index contributed by atoms with van der Waals surface area (Å²) in [6, 6.07) is 3.41. The Labute approximate surface area is 109 Å². The van der Waals surface area contributed by atoms with Crippen molar-refractivity contribution in [3.8, 4) is 5.75 Å². The molecule has 10 heteroatoms. The normalized spacial score (nSPS) is 12.1. The van der Waals surface area contributed by atoms with E-state index in [0.29, 0.717) is 0 Å². The molecule has 1 rings (SSSR count). The van der Waals surface area contributed by atoms with Crippen LogP contribution >= 0.6 is 0 Å². The first kappa shape index (κ1) is 15.9. The summed E-state index contributed by atoms with van der Waals surface area (Å²) in [5, 5.41) is 13.2. The maximum absolute atomic E-state index is 12.7. The second-order valence-corrected chi connectivity index (χ2v) is 3.65. The van der Waals surface area contributed by atoms with Gasteiger partial charge >= 0.3 is 17.8 Å². The van der Waals surface area contributed by atoms with Crippen LogP contribution in [-0.2, 0) is 0 Å². The van der Waals surface area contributed by atoms with Gasteiger partial charge in [-0.2, -0.15) is 22.0 Å². The number of nitro groups is 1. The highest BCUT2D eigenvalue weighted by atomic mass is 19.4. The lowest BCUT2D eigenvalue weighted by molar-refractivity contribution is -0.385. The number of nitro benzene ring substituents is 1. The van der Waals surface area contributed by atoms with Crippen LogP contribution in [0.4, 0.5) is 33.3 Å². The number of ether oxygens (including phenoxy) is 1. The molecule has 1 N–H and O–H groups in total. The zero-order chi connectivity index (χ0) is 15.6. The number of rotatable bonds is 5. The third-order valence-corrected chi connectivity index (χ3v) is 2.27. The molecule has 112 valence electrons. The standard InChI is InChI=1S/C10H9F5N2O3/c1-16-6-3-2-4-7(8(6)17(18)19)20-5-9(11,12)10(13,14)15/h2-4,16H,5H2,1H3. The molecule has 1 aromatic rings. The van der Waals surface area contributed by atoms with Crippen LogP contribution in [0.15, 0.2) is 18.2 Å². The highest BCUT2D eigenvalue weighted by Gasteiger charge is 2.58. The first-order valence-corrected chi connectivity index (χ1v) is 5.12. The SMILES string of the molecule is CNc1cccc(OCC(F)(F)C(F)(F)F)c1[N+](=O)[O-]. The molecule has 0 spiro atoms. The molecule has 5 nitrogen and oxygen atoms in total. The van der Waals surface area contributed by atoms with E-state index in [1.54, 1.807) is 0 Å². The lowest BCUT2D eigenvalue weighted by atomic mass is 10.2. The summed E-state index contributed by atoms with van der Waals surface area (Å²) in [4.78, 5) is 9.86. The number of nitrogens with one attached hydrogen (secondary N) is 1. The van der Waals surface area contributed by atoms with Crippen molar-refractivity contribution in [2.24, 2.45) is 0 Å². The number of hydrogen-bond acceptors (Lipinski definition) is 4. The lowest BCUT2D eigenvalue weighted by Gasteiger charge is -2.19. The Bertz CT molecular complexity index is 504. The Hall–Kier alpha value is -2.13. The minimum atomic E-state index is -5.79. The minimum Gasteiger partial charge on any atom is -0.480 e. The molecule has 0 amide bonds. The van der Waals surface area contributed by atoms with Crippen molar-refractivity contribution in [3.05, 3.63) is 28.3 Å². The minimum absolute atomic E-state index is 0.0668. The number of alkyl halides is 5. The number of benzene rings is 1. The molecule has 0 aromatic heterocycles. The molecule has 20 heavy (non-hydrogen) atoms. The molecular formula is C10H9F5N2O3. The van der Waals surface area contributed by atoms with Crippen LogP contribution in [0.3, 0.4) is 0 Å². The quantitative estimate of drug-likeness (QED) is 0.515. The van der Waals surface area contributed by atoms with Gasteiger partial charge in [0.2, 0.25) is 0 Å². The van der Waals surface area contributed by atoms with E-state index in [4.69, 9.17) is 0 Å². The van der Waals surface area contributed by atoms with Crippen molar-refractivity contribution in [1.29, 1.82) is 0 Å². The van der Waals surface area contributed by atoms with Crippen LogP contribution in [0.2, 0.25) is 0 Å². The van der Waals surface area contributed by atoms with E-state index in [9.17, 15) is 32.1 Å². The molecule has 0 saturated heterocycles. The summed E-state index contributed by atoms with van der Waals surface area (Å²) >= 11 is 0. The number of hydrogen-bond donors (Lipinski definition) is 1. The van der Waals surface area contributed by atoms with E-state index in [0.717, 1.165) is 6.07 Å². The average molecular weight is 300 g/mol. The van der Waals surface area contributed by atoms with E-state index in [1.807, 2.05) is 0 Å². The van der Waals surface area contributed by atoms with E-state index < -0.39 is 35.1 Å². The summed E-state index contributed by atoms with van der Waals surface area (Å²) < 4.78 is 65.6. The maximum atomic E-state index is 12.7. The zero-order valence-corrected chi connectivity index (χ0v) is 10.0. The Kier molecular flexibility index (Phi) is 4.36. The van der Waals surface area contributed by atoms with Gasteiger partial charge in [0.15, 0.2) is 12.4 Å². The van der Waals surface area contributed by atoms with Gasteiger partial charge in [0, 0.05) is 7.05 Å².